The van der Waals surface area contributed by atoms with Crippen LogP contribution in [0, 0.1) is 11.7 Å². The number of aromatic nitrogens is 2. The molecule has 1 atom stereocenters. The number of nitrogen functional groups attached to an aromatic ring is 1. The first-order valence-corrected chi connectivity index (χ1v) is 7.88. The maximum Gasteiger partial charge on any atom is 0.201 e. The lowest BCUT2D eigenvalue weighted by atomic mass is 10.1. The van der Waals surface area contributed by atoms with Crippen molar-refractivity contribution in [3.63, 3.8) is 0 Å². The van der Waals surface area contributed by atoms with Crippen molar-refractivity contribution in [2.45, 2.75) is 13.0 Å². The molecule has 102 valence electrons. The molecule has 5 nitrogen and oxygen atoms in total. The summed E-state index contributed by atoms with van der Waals surface area (Å²) in [5.74, 6) is 0.409. The van der Waals surface area contributed by atoms with Gasteiger partial charge in [-0.25, -0.2) is 17.8 Å². The van der Waals surface area contributed by atoms with E-state index in [2.05, 4.69) is 4.98 Å². The molecule has 1 aromatic carbocycles. The zero-order valence-electron chi connectivity index (χ0n) is 10.2. The third kappa shape index (κ3) is 2.30. The summed E-state index contributed by atoms with van der Waals surface area (Å²) in [5, 5.41) is 0. The third-order valence-corrected chi connectivity index (χ3v) is 5.34. The third-order valence-electron chi connectivity index (χ3n) is 3.51. The van der Waals surface area contributed by atoms with E-state index in [1.165, 1.54) is 12.1 Å². The zero-order chi connectivity index (χ0) is 13.6. The first-order chi connectivity index (χ1) is 8.94. The Kier molecular flexibility index (Phi) is 2.74. The SMILES string of the molecule is Nc1nc2cc(F)ccc2n1CC1CCS(=O)(=O)C1. The van der Waals surface area contributed by atoms with Gasteiger partial charge in [-0.3, -0.25) is 0 Å². The number of anilines is 1. The normalized spacial score (nSPS) is 22.1. The number of nitrogens with two attached hydrogens (primary N) is 1. The van der Waals surface area contributed by atoms with Gasteiger partial charge < -0.3 is 10.3 Å². The maximum atomic E-state index is 13.1. The summed E-state index contributed by atoms with van der Waals surface area (Å²) in [5.41, 5.74) is 7.07. The molecule has 0 bridgehead atoms. The fourth-order valence-corrected chi connectivity index (χ4v) is 4.44. The Morgan fingerprint density at radius 1 is 1.47 bits per heavy atom. The Labute approximate surface area is 110 Å². The molecular weight excluding hydrogens is 269 g/mol. The van der Waals surface area contributed by atoms with Gasteiger partial charge in [0.25, 0.3) is 0 Å². The molecule has 0 amide bonds. The molecule has 1 unspecified atom stereocenters. The maximum absolute atomic E-state index is 13.1. The van der Waals surface area contributed by atoms with E-state index >= 15 is 0 Å². The van der Waals surface area contributed by atoms with Gasteiger partial charge in [0.2, 0.25) is 5.95 Å². The molecule has 0 spiro atoms. The summed E-state index contributed by atoms with van der Waals surface area (Å²) < 4.78 is 37.8. The molecule has 1 saturated heterocycles. The second-order valence-corrected chi connectivity index (χ2v) is 7.21. The number of fused-ring (bicyclic) bond motifs is 1. The van der Waals surface area contributed by atoms with Crippen molar-refractivity contribution in [2.24, 2.45) is 5.92 Å². The van der Waals surface area contributed by atoms with Crippen LogP contribution in [0.1, 0.15) is 6.42 Å². The van der Waals surface area contributed by atoms with E-state index in [9.17, 15) is 12.8 Å². The van der Waals surface area contributed by atoms with Crippen molar-refractivity contribution in [1.82, 2.24) is 9.55 Å². The molecule has 19 heavy (non-hydrogen) atoms. The van der Waals surface area contributed by atoms with Crippen LogP contribution in [0.15, 0.2) is 18.2 Å². The van der Waals surface area contributed by atoms with E-state index in [1.54, 1.807) is 10.6 Å². The lowest BCUT2D eigenvalue weighted by Gasteiger charge is -2.11. The second-order valence-electron chi connectivity index (χ2n) is 4.98. The molecule has 2 aromatic rings. The first-order valence-electron chi connectivity index (χ1n) is 6.06. The van der Waals surface area contributed by atoms with Crippen LogP contribution in [0.2, 0.25) is 0 Å². The van der Waals surface area contributed by atoms with E-state index in [-0.39, 0.29) is 23.2 Å². The summed E-state index contributed by atoms with van der Waals surface area (Å²) >= 11 is 0. The van der Waals surface area contributed by atoms with Crippen LogP contribution in [0.4, 0.5) is 10.3 Å². The molecule has 0 radical (unpaired) electrons. The number of hydrogen-bond donors (Lipinski definition) is 1. The van der Waals surface area contributed by atoms with Crippen LogP contribution in [0.25, 0.3) is 11.0 Å². The van der Waals surface area contributed by atoms with Gasteiger partial charge in [-0.1, -0.05) is 0 Å². The van der Waals surface area contributed by atoms with Gasteiger partial charge in [0.1, 0.15) is 5.82 Å². The summed E-state index contributed by atoms with van der Waals surface area (Å²) in [4.78, 5) is 4.10. The molecule has 0 saturated carbocycles. The number of sulfone groups is 1. The predicted molar refractivity (Wildman–Crippen MR) is 70.9 cm³/mol. The highest BCUT2D eigenvalue weighted by Crippen LogP contribution is 2.25. The molecule has 7 heteroatoms. The van der Waals surface area contributed by atoms with Crippen molar-refractivity contribution in [2.75, 3.05) is 17.2 Å². The van der Waals surface area contributed by atoms with E-state index < -0.39 is 9.84 Å². The minimum Gasteiger partial charge on any atom is -0.369 e. The van der Waals surface area contributed by atoms with Crippen LogP contribution >= 0.6 is 0 Å². The van der Waals surface area contributed by atoms with Crippen LogP contribution in [-0.4, -0.2) is 29.5 Å². The van der Waals surface area contributed by atoms with Gasteiger partial charge in [0, 0.05) is 12.6 Å². The monoisotopic (exact) mass is 283 g/mol. The molecule has 1 aliphatic rings. The van der Waals surface area contributed by atoms with Gasteiger partial charge in [-0.05, 0) is 24.5 Å². The number of halogens is 1. The minimum absolute atomic E-state index is 0.0507. The van der Waals surface area contributed by atoms with Crippen molar-refractivity contribution >= 4 is 26.8 Å². The fourth-order valence-electron chi connectivity index (χ4n) is 2.59. The van der Waals surface area contributed by atoms with E-state index in [4.69, 9.17) is 5.73 Å². The molecule has 1 aliphatic heterocycles. The van der Waals surface area contributed by atoms with Crippen LogP contribution in [0.5, 0.6) is 0 Å². The fraction of sp³-hybridized carbons (Fsp3) is 0.417. The number of nitrogens with zero attached hydrogens (tertiary/aromatic N) is 2. The quantitative estimate of drug-likeness (QED) is 0.898. The summed E-state index contributed by atoms with van der Waals surface area (Å²) in [6.07, 6.45) is 0.642. The minimum atomic E-state index is -2.91. The van der Waals surface area contributed by atoms with E-state index in [0.29, 0.717) is 24.4 Å². The molecule has 2 N–H and O–H groups in total. The number of rotatable bonds is 2. The Morgan fingerprint density at radius 3 is 2.95 bits per heavy atom. The molecule has 0 aliphatic carbocycles. The van der Waals surface area contributed by atoms with Gasteiger partial charge >= 0.3 is 0 Å². The van der Waals surface area contributed by atoms with Crippen molar-refractivity contribution < 1.29 is 12.8 Å². The first kappa shape index (κ1) is 12.4. The summed E-state index contributed by atoms with van der Waals surface area (Å²) in [6, 6.07) is 4.30. The van der Waals surface area contributed by atoms with Crippen molar-refractivity contribution in [3.8, 4) is 0 Å². The highest BCUT2D eigenvalue weighted by atomic mass is 32.2. The van der Waals surface area contributed by atoms with Crippen molar-refractivity contribution in [1.29, 1.82) is 0 Å². The standard InChI is InChI=1S/C12H14FN3O2S/c13-9-1-2-11-10(5-9)15-12(14)16(11)6-8-3-4-19(17,18)7-8/h1-2,5,8H,3-4,6-7H2,(H2,14,15). The predicted octanol–water partition coefficient (Wildman–Crippen LogP) is 1.19. The number of imidazole rings is 1. The van der Waals surface area contributed by atoms with Crippen LogP contribution in [0.3, 0.4) is 0 Å². The Bertz CT molecular complexity index is 739. The van der Waals surface area contributed by atoms with Crippen LogP contribution < -0.4 is 5.73 Å². The molecule has 2 heterocycles. The number of benzene rings is 1. The Hall–Kier alpha value is -1.63. The molecule has 1 aromatic heterocycles. The van der Waals surface area contributed by atoms with E-state index in [0.717, 1.165) is 5.52 Å². The van der Waals surface area contributed by atoms with Gasteiger partial charge in [0.05, 0.1) is 22.5 Å². The lowest BCUT2D eigenvalue weighted by molar-refractivity contribution is 0.502. The second kappa shape index (κ2) is 4.19. The van der Waals surface area contributed by atoms with E-state index in [1.807, 2.05) is 0 Å². The van der Waals surface area contributed by atoms with Crippen LogP contribution in [-0.2, 0) is 16.4 Å². The smallest absolute Gasteiger partial charge is 0.201 e. The highest BCUT2D eigenvalue weighted by molar-refractivity contribution is 7.91. The molecule has 3 rings (SSSR count). The average Bonchev–Trinajstić information content (AvgIpc) is 2.80. The molecule has 1 fully saturated rings. The summed E-state index contributed by atoms with van der Waals surface area (Å²) in [7, 11) is -2.91. The van der Waals surface area contributed by atoms with Crippen molar-refractivity contribution in [3.05, 3.63) is 24.0 Å². The molecular formula is C12H14FN3O2S. The highest BCUT2D eigenvalue weighted by Gasteiger charge is 2.28. The zero-order valence-corrected chi connectivity index (χ0v) is 11.0. The van der Waals surface area contributed by atoms with Gasteiger partial charge in [0.15, 0.2) is 9.84 Å². The lowest BCUT2D eigenvalue weighted by Crippen LogP contribution is -2.14. The largest absolute Gasteiger partial charge is 0.369 e. The Morgan fingerprint density at radius 2 is 2.26 bits per heavy atom. The van der Waals surface area contributed by atoms with Gasteiger partial charge in [-0.2, -0.15) is 0 Å². The van der Waals surface area contributed by atoms with Gasteiger partial charge in [-0.15, -0.1) is 0 Å². The Balaban J connectivity index is 1.95. The number of hydrogen-bond acceptors (Lipinski definition) is 4. The average molecular weight is 283 g/mol. The topological polar surface area (TPSA) is 78.0 Å². The summed E-state index contributed by atoms with van der Waals surface area (Å²) in [6.45, 7) is 0.507.